The maximum absolute atomic E-state index is 12.9. The molecule has 1 aliphatic heterocycles. The zero-order chi connectivity index (χ0) is 20.6. The molecule has 7 nitrogen and oxygen atoms in total. The molecule has 1 aliphatic rings. The minimum atomic E-state index is -0.965. The summed E-state index contributed by atoms with van der Waals surface area (Å²) in [6.07, 6.45) is 0. The first kappa shape index (κ1) is 19.2. The lowest BCUT2D eigenvalue weighted by Gasteiger charge is -2.26. The lowest BCUT2D eigenvalue weighted by atomic mass is 9.83. The van der Waals surface area contributed by atoms with Crippen LogP contribution in [-0.2, 0) is 14.3 Å². The summed E-state index contributed by atoms with van der Waals surface area (Å²) in [4.78, 5) is 28.3. The van der Waals surface area contributed by atoms with Gasteiger partial charge >= 0.3 is 5.97 Å². The fraction of sp³-hybridized carbons (Fsp3) is 0.286. The number of H-pyrrole nitrogens is 1. The van der Waals surface area contributed by atoms with E-state index in [4.69, 9.17) is 15.2 Å². The number of esters is 1. The number of hydrogen-bond acceptors (Lipinski definition) is 6. The average Bonchev–Trinajstić information content (AvgIpc) is 2.62. The molecule has 0 bridgehead atoms. The molecule has 2 heterocycles. The van der Waals surface area contributed by atoms with Crippen LogP contribution < -0.4 is 11.3 Å². The molecule has 7 heteroatoms. The topological polar surface area (TPSA) is 118 Å². The first-order valence-corrected chi connectivity index (χ1v) is 8.88. The molecule has 144 valence electrons. The van der Waals surface area contributed by atoms with Gasteiger partial charge in [0.05, 0.1) is 18.1 Å². The third-order valence-corrected chi connectivity index (χ3v) is 4.90. The van der Waals surface area contributed by atoms with Gasteiger partial charge in [-0.05, 0) is 62.4 Å². The normalized spacial score (nSPS) is 16.8. The Morgan fingerprint density at radius 1 is 1.29 bits per heavy atom. The van der Waals surface area contributed by atoms with Gasteiger partial charge in [-0.3, -0.25) is 4.79 Å². The Hall–Kier alpha value is -3.53. The number of fused-ring (bicyclic) bond motifs is 1. The van der Waals surface area contributed by atoms with Gasteiger partial charge in [-0.15, -0.1) is 0 Å². The summed E-state index contributed by atoms with van der Waals surface area (Å²) in [5.74, 6) is -1.53. The Bertz CT molecular complexity index is 1150. The molecular formula is C21H21N3O4. The Labute approximate surface area is 162 Å². The highest BCUT2D eigenvalue weighted by atomic mass is 16.5. The summed E-state index contributed by atoms with van der Waals surface area (Å²) in [7, 11) is 0. The minimum Gasteiger partial charge on any atom is -0.463 e. The number of hydrogen-bond donors (Lipinski definition) is 2. The van der Waals surface area contributed by atoms with Crippen LogP contribution in [0.1, 0.15) is 36.5 Å². The Morgan fingerprint density at radius 2 is 1.96 bits per heavy atom. The lowest BCUT2D eigenvalue weighted by molar-refractivity contribution is -0.139. The number of carbonyl (C=O) groups excluding carboxylic acids is 1. The van der Waals surface area contributed by atoms with Gasteiger partial charge in [0.25, 0.3) is 5.56 Å². The minimum absolute atomic E-state index is 0.00216. The first-order valence-electron chi connectivity index (χ1n) is 8.88. The van der Waals surface area contributed by atoms with E-state index in [1.54, 1.807) is 19.9 Å². The third-order valence-electron chi connectivity index (χ3n) is 4.90. The number of allylic oxidation sites excluding steroid dienone is 2. The van der Waals surface area contributed by atoms with Crippen molar-refractivity contribution >= 4 is 16.9 Å². The van der Waals surface area contributed by atoms with Gasteiger partial charge in [0, 0.05) is 11.1 Å². The van der Waals surface area contributed by atoms with Gasteiger partial charge in [0.2, 0.25) is 5.88 Å². The molecule has 0 aliphatic carbocycles. The maximum atomic E-state index is 12.9. The molecule has 1 aromatic heterocycles. The van der Waals surface area contributed by atoms with Crippen molar-refractivity contribution in [3.8, 4) is 6.07 Å². The van der Waals surface area contributed by atoms with Crippen LogP contribution >= 0.6 is 0 Å². The quantitative estimate of drug-likeness (QED) is 0.792. The van der Waals surface area contributed by atoms with Gasteiger partial charge in [0.15, 0.2) is 0 Å². The second-order valence-corrected chi connectivity index (χ2v) is 6.69. The van der Waals surface area contributed by atoms with E-state index in [1.807, 2.05) is 32.0 Å². The summed E-state index contributed by atoms with van der Waals surface area (Å²) in [5.41, 5.74) is 8.61. The molecule has 1 atom stereocenters. The van der Waals surface area contributed by atoms with Crippen LogP contribution in [0, 0.1) is 25.2 Å². The van der Waals surface area contributed by atoms with Crippen molar-refractivity contribution in [3.63, 3.8) is 0 Å². The van der Waals surface area contributed by atoms with E-state index >= 15 is 0 Å². The molecular weight excluding hydrogens is 358 g/mol. The zero-order valence-corrected chi connectivity index (χ0v) is 16.2. The van der Waals surface area contributed by atoms with E-state index in [9.17, 15) is 14.9 Å². The molecule has 28 heavy (non-hydrogen) atoms. The standard InChI is InChI=1S/C21H21N3O4/c1-5-27-21(26)17-12(4)28-19(23)15(9-22)18(17)14-8-13-6-10(2)11(3)7-16(13)24-20(14)25/h6-8,18H,5,23H2,1-4H3,(H,24,25)/t18-/m0/s1. The molecule has 0 saturated heterocycles. The molecule has 0 unspecified atom stereocenters. The molecule has 0 saturated carbocycles. The first-order chi connectivity index (χ1) is 13.3. The molecule has 0 fully saturated rings. The number of aromatic amines is 1. The maximum Gasteiger partial charge on any atom is 0.338 e. The van der Waals surface area contributed by atoms with Crippen molar-refractivity contribution in [2.75, 3.05) is 6.61 Å². The van der Waals surface area contributed by atoms with Crippen LogP contribution in [0.4, 0.5) is 0 Å². The predicted molar refractivity (Wildman–Crippen MR) is 104 cm³/mol. The van der Waals surface area contributed by atoms with E-state index in [0.29, 0.717) is 5.52 Å². The number of nitrogens with one attached hydrogen (secondary N) is 1. The van der Waals surface area contributed by atoms with Gasteiger partial charge < -0.3 is 20.2 Å². The monoisotopic (exact) mass is 379 g/mol. The number of nitrogens with two attached hydrogens (primary N) is 1. The van der Waals surface area contributed by atoms with Crippen molar-refractivity contribution in [2.24, 2.45) is 5.73 Å². The Kier molecular flexibility index (Phi) is 4.97. The highest BCUT2D eigenvalue weighted by Crippen LogP contribution is 2.38. The van der Waals surface area contributed by atoms with Gasteiger partial charge in [-0.2, -0.15) is 5.26 Å². The second kappa shape index (κ2) is 7.24. The summed E-state index contributed by atoms with van der Waals surface area (Å²) >= 11 is 0. The van der Waals surface area contributed by atoms with Crippen molar-refractivity contribution < 1.29 is 14.3 Å². The number of ether oxygens (including phenoxy) is 2. The van der Waals surface area contributed by atoms with E-state index < -0.39 is 17.4 Å². The Morgan fingerprint density at radius 3 is 2.61 bits per heavy atom. The summed E-state index contributed by atoms with van der Waals surface area (Å²) in [5, 5.41) is 10.4. The fourth-order valence-corrected chi connectivity index (χ4v) is 3.37. The van der Waals surface area contributed by atoms with Crippen LogP contribution in [0.15, 0.2) is 45.8 Å². The lowest BCUT2D eigenvalue weighted by Crippen LogP contribution is -2.29. The van der Waals surface area contributed by atoms with E-state index in [0.717, 1.165) is 16.5 Å². The van der Waals surface area contributed by atoms with Crippen LogP contribution in [0.25, 0.3) is 10.9 Å². The molecule has 3 N–H and O–H groups in total. The molecule has 0 spiro atoms. The van der Waals surface area contributed by atoms with E-state index in [1.165, 1.54) is 0 Å². The summed E-state index contributed by atoms with van der Waals surface area (Å²) in [6, 6.07) is 7.51. The smallest absolute Gasteiger partial charge is 0.338 e. The zero-order valence-electron chi connectivity index (χ0n) is 16.2. The van der Waals surface area contributed by atoms with Crippen LogP contribution in [0.3, 0.4) is 0 Å². The average molecular weight is 379 g/mol. The number of nitrogens with zero attached hydrogens (tertiary/aromatic N) is 1. The number of aryl methyl sites for hydroxylation is 2. The molecule has 3 rings (SSSR count). The van der Waals surface area contributed by atoms with Gasteiger partial charge in [-0.1, -0.05) is 0 Å². The van der Waals surface area contributed by atoms with E-state index in [-0.39, 0.29) is 35.0 Å². The van der Waals surface area contributed by atoms with E-state index in [2.05, 4.69) is 4.98 Å². The number of nitriles is 1. The largest absolute Gasteiger partial charge is 0.463 e. The number of carbonyl (C=O) groups is 1. The van der Waals surface area contributed by atoms with Crippen LogP contribution in [0.2, 0.25) is 0 Å². The number of aromatic nitrogens is 1. The highest BCUT2D eigenvalue weighted by molar-refractivity contribution is 5.93. The molecule has 1 aromatic carbocycles. The third kappa shape index (κ3) is 3.14. The summed E-state index contributed by atoms with van der Waals surface area (Å²) < 4.78 is 10.5. The van der Waals surface area contributed by atoms with Crippen molar-refractivity contribution in [1.82, 2.24) is 4.98 Å². The van der Waals surface area contributed by atoms with Gasteiger partial charge in [0.1, 0.15) is 17.4 Å². The van der Waals surface area contributed by atoms with Crippen molar-refractivity contribution in [2.45, 2.75) is 33.6 Å². The molecule has 0 radical (unpaired) electrons. The fourth-order valence-electron chi connectivity index (χ4n) is 3.37. The van der Waals surface area contributed by atoms with Crippen LogP contribution in [0.5, 0.6) is 0 Å². The Balaban J connectivity index is 2.30. The van der Waals surface area contributed by atoms with Gasteiger partial charge in [-0.25, -0.2) is 4.79 Å². The second-order valence-electron chi connectivity index (χ2n) is 6.69. The van der Waals surface area contributed by atoms with Crippen molar-refractivity contribution in [3.05, 3.63) is 68.0 Å². The molecule has 2 aromatic rings. The van der Waals surface area contributed by atoms with Crippen LogP contribution in [-0.4, -0.2) is 17.6 Å². The summed E-state index contributed by atoms with van der Waals surface area (Å²) in [6.45, 7) is 7.32. The number of pyridine rings is 1. The predicted octanol–water partition coefficient (Wildman–Crippen LogP) is 2.79. The van der Waals surface area contributed by atoms with Crippen molar-refractivity contribution in [1.29, 1.82) is 5.26 Å². The SMILES string of the molecule is CCOC(=O)C1=C(C)OC(N)=C(C#N)[C@@H]1c1cc2cc(C)c(C)cc2[nH]c1=O. The molecule has 0 amide bonds. The number of benzene rings is 1. The number of rotatable bonds is 3. The highest BCUT2D eigenvalue weighted by Gasteiger charge is 2.37.